The van der Waals surface area contributed by atoms with Crippen LogP contribution < -0.4 is 0 Å². The van der Waals surface area contributed by atoms with Crippen molar-refractivity contribution in [3.63, 3.8) is 0 Å². The van der Waals surface area contributed by atoms with Gasteiger partial charge in [0.25, 0.3) is 0 Å². The van der Waals surface area contributed by atoms with Crippen LogP contribution in [0.5, 0.6) is 0 Å². The van der Waals surface area contributed by atoms with Gasteiger partial charge in [-0.3, -0.25) is 0 Å². The van der Waals surface area contributed by atoms with Gasteiger partial charge in [0.1, 0.15) is 0 Å². The second-order valence-corrected chi connectivity index (χ2v) is 6.19. The number of hydrogen-bond acceptors (Lipinski definition) is 0. The van der Waals surface area contributed by atoms with Gasteiger partial charge >= 0.3 is 0 Å². The van der Waals surface area contributed by atoms with E-state index in [0.717, 1.165) is 6.42 Å². The molecule has 0 fully saturated rings. The predicted molar refractivity (Wildman–Crippen MR) is 85.4 cm³/mol. The number of benzene rings is 2. The average Bonchev–Trinajstić information content (AvgIpc) is 2.88. The maximum absolute atomic E-state index is 2.37. The molecule has 0 atom stereocenters. The standard InChI is InChI=1S/C19H19N/c1-11-5-6-18-15(8-11)17-10-14-13(3)7-12(2)9-16(14)19(17)20(18)4/h5-9H,10H2,1-4H3. The first-order valence-corrected chi connectivity index (χ1v) is 7.24. The maximum atomic E-state index is 2.37. The van der Waals surface area contributed by atoms with E-state index in [1.165, 1.54) is 50.0 Å². The van der Waals surface area contributed by atoms with E-state index in [2.05, 4.69) is 62.7 Å². The third-order valence-corrected chi connectivity index (χ3v) is 4.69. The molecular weight excluding hydrogens is 242 g/mol. The first kappa shape index (κ1) is 11.8. The number of aryl methyl sites for hydroxylation is 4. The van der Waals surface area contributed by atoms with E-state index in [9.17, 15) is 0 Å². The fourth-order valence-electron chi connectivity index (χ4n) is 3.78. The lowest BCUT2D eigenvalue weighted by molar-refractivity contribution is 0.977. The maximum Gasteiger partial charge on any atom is 0.0527 e. The van der Waals surface area contributed by atoms with Gasteiger partial charge in [0.15, 0.2) is 0 Å². The van der Waals surface area contributed by atoms with Gasteiger partial charge in [-0.15, -0.1) is 0 Å². The minimum absolute atomic E-state index is 1.08. The zero-order valence-corrected chi connectivity index (χ0v) is 12.5. The third kappa shape index (κ3) is 1.38. The summed E-state index contributed by atoms with van der Waals surface area (Å²) in [4.78, 5) is 0. The van der Waals surface area contributed by atoms with Crippen LogP contribution in [0.2, 0.25) is 0 Å². The first-order chi connectivity index (χ1) is 9.56. The van der Waals surface area contributed by atoms with E-state index in [1.807, 2.05) is 0 Å². The minimum atomic E-state index is 1.08. The lowest BCUT2D eigenvalue weighted by atomic mass is 10.00. The summed E-state index contributed by atoms with van der Waals surface area (Å²) in [6.07, 6.45) is 1.08. The lowest BCUT2D eigenvalue weighted by Crippen LogP contribution is -1.93. The Kier molecular flexibility index (Phi) is 2.21. The molecule has 0 N–H and O–H groups in total. The van der Waals surface area contributed by atoms with E-state index < -0.39 is 0 Å². The summed E-state index contributed by atoms with van der Waals surface area (Å²) in [5.74, 6) is 0. The molecule has 1 aliphatic carbocycles. The molecule has 1 aromatic heterocycles. The molecule has 3 aromatic rings. The van der Waals surface area contributed by atoms with Crippen molar-refractivity contribution in [2.75, 3.05) is 0 Å². The minimum Gasteiger partial charge on any atom is -0.343 e. The molecule has 1 heteroatoms. The summed E-state index contributed by atoms with van der Waals surface area (Å²) < 4.78 is 2.37. The normalized spacial score (nSPS) is 12.8. The van der Waals surface area contributed by atoms with Crippen molar-refractivity contribution in [2.24, 2.45) is 7.05 Å². The Hall–Kier alpha value is -2.02. The fraction of sp³-hybridized carbons (Fsp3) is 0.263. The largest absolute Gasteiger partial charge is 0.343 e. The Labute approximate surface area is 119 Å². The quantitative estimate of drug-likeness (QED) is 0.433. The molecule has 0 bridgehead atoms. The highest BCUT2D eigenvalue weighted by molar-refractivity contribution is 5.96. The monoisotopic (exact) mass is 261 g/mol. The van der Waals surface area contributed by atoms with Gasteiger partial charge in [-0.05, 0) is 55.7 Å². The van der Waals surface area contributed by atoms with Crippen LogP contribution in [0.25, 0.3) is 22.2 Å². The summed E-state index contributed by atoms with van der Waals surface area (Å²) in [6.45, 7) is 6.61. The Morgan fingerprint density at radius 2 is 1.70 bits per heavy atom. The van der Waals surface area contributed by atoms with E-state index in [0.29, 0.717) is 0 Å². The number of hydrogen-bond donors (Lipinski definition) is 0. The fourth-order valence-corrected chi connectivity index (χ4v) is 3.78. The van der Waals surface area contributed by atoms with Gasteiger partial charge < -0.3 is 4.57 Å². The smallest absolute Gasteiger partial charge is 0.0527 e. The van der Waals surface area contributed by atoms with Crippen molar-refractivity contribution in [1.29, 1.82) is 0 Å². The second kappa shape index (κ2) is 3.76. The Bertz CT molecular complexity index is 865. The van der Waals surface area contributed by atoms with Gasteiger partial charge in [-0.2, -0.15) is 0 Å². The van der Waals surface area contributed by atoms with Crippen molar-refractivity contribution in [1.82, 2.24) is 4.57 Å². The van der Waals surface area contributed by atoms with Crippen molar-refractivity contribution in [3.8, 4) is 11.3 Å². The van der Waals surface area contributed by atoms with Crippen LogP contribution in [0.1, 0.15) is 27.8 Å². The topological polar surface area (TPSA) is 4.93 Å². The van der Waals surface area contributed by atoms with Gasteiger partial charge in [0.05, 0.1) is 5.69 Å². The van der Waals surface area contributed by atoms with Crippen LogP contribution in [0.4, 0.5) is 0 Å². The molecule has 0 aliphatic heterocycles. The number of rotatable bonds is 0. The van der Waals surface area contributed by atoms with Crippen LogP contribution >= 0.6 is 0 Å². The van der Waals surface area contributed by atoms with Crippen LogP contribution in [0, 0.1) is 20.8 Å². The third-order valence-electron chi connectivity index (χ3n) is 4.69. The number of nitrogens with zero attached hydrogens (tertiary/aromatic N) is 1. The predicted octanol–water partition coefficient (Wildman–Crippen LogP) is 4.67. The Balaban J connectivity index is 2.13. The number of aromatic nitrogens is 1. The van der Waals surface area contributed by atoms with E-state index in [4.69, 9.17) is 0 Å². The molecule has 0 radical (unpaired) electrons. The van der Waals surface area contributed by atoms with E-state index in [1.54, 1.807) is 0 Å². The second-order valence-electron chi connectivity index (χ2n) is 6.19. The molecule has 0 saturated carbocycles. The van der Waals surface area contributed by atoms with Crippen LogP contribution in [0.3, 0.4) is 0 Å². The van der Waals surface area contributed by atoms with Gasteiger partial charge in [0.2, 0.25) is 0 Å². The summed E-state index contributed by atoms with van der Waals surface area (Å²) in [5, 5.41) is 1.43. The summed E-state index contributed by atoms with van der Waals surface area (Å²) >= 11 is 0. The van der Waals surface area contributed by atoms with Crippen molar-refractivity contribution < 1.29 is 0 Å². The van der Waals surface area contributed by atoms with Gasteiger partial charge in [-0.1, -0.05) is 23.3 Å². The van der Waals surface area contributed by atoms with Crippen LogP contribution in [-0.2, 0) is 13.5 Å². The highest BCUT2D eigenvalue weighted by Crippen LogP contribution is 2.43. The number of fused-ring (bicyclic) bond motifs is 5. The molecule has 0 unspecified atom stereocenters. The molecule has 1 heterocycles. The van der Waals surface area contributed by atoms with Crippen molar-refractivity contribution in [2.45, 2.75) is 27.2 Å². The molecule has 2 aromatic carbocycles. The molecule has 0 spiro atoms. The first-order valence-electron chi connectivity index (χ1n) is 7.24. The summed E-state index contributed by atoms with van der Waals surface area (Å²) in [7, 11) is 2.20. The molecule has 100 valence electrons. The highest BCUT2D eigenvalue weighted by atomic mass is 15.0. The Morgan fingerprint density at radius 1 is 0.900 bits per heavy atom. The summed E-state index contributed by atoms with van der Waals surface area (Å²) in [6, 6.07) is 11.4. The Morgan fingerprint density at radius 3 is 2.50 bits per heavy atom. The average molecular weight is 261 g/mol. The lowest BCUT2D eigenvalue weighted by Gasteiger charge is -2.09. The molecule has 0 saturated heterocycles. The zero-order valence-electron chi connectivity index (χ0n) is 12.5. The molecule has 0 amide bonds. The van der Waals surface area contributed by atoms with Crippen molar-refractivity contribution >= 4 is 10.9 Å². The molecule has 20 heavy (non-hydrogen) atoms. The highest BCUT2D eigenvalue weighted by Gasteiger charge is 2.26. The molecule has 1 nitrogen and oxygen atoms in total. The van der Waals surface area contributed by atoms with Crippen LogP contribution in [0.15, 0.2) is 30.3 Å². The zero-order chi connectivity index (χ0) is 14.0. The van der Waals surface area contributed by atoms with Crippen molar-refractivity contribution in [3.05, 3.63) is 58.1 Å². The van der Waals surface area contributed by atoms with Gasteiger partial charge in [-0.25, -0.2) is 0 Å². The van der Waals surface area contributed by atoms with E-state index in [-0.39, 0.29) is 0 Å². The molecular formula is C19H19N. The SMILES string of the molecule is Cc1cc(C)c2c(c1)-c1c(c3cc(C)ccc3n1C)C2. The van der Waals surface area contributed by atoms with Crippen LogP contribution in [-0.4, -0.2) is 4.57 Å². The molecule has 4 rings (SSSR count). The van der Waals surface area contributed by atoms with Gasteiger partial charge in [0, 0.05) is 29.9 Å². The summed E-state index contributed by atoms with van der Waals surface area (Å²) in [5.41, 5.74) is 11.4. The van der Waals surface area contributed by atoms with E-state index >= 15 is 0 Å². The molecule has 1 aliphatic rings.